The molecule has 0 saturated carbocycles. The quantitative estimate of drug-likeness (QED) is 0.868. The van der Waals surface area contributed by atoms with E-state index in [1.807, 2.05) is 7.05 Å². The first-order valence-corrected chi connectivity index (χ1v) is 5.91. The van der Waals surface area contributed by atoms with Gasteiger partial charge in [0.1, 0.15) is 0 Å². The molecule has 0 aliphatic carbocycles. The molecule has 0 fully saturated rings. The summed E-state index contributed by atoms with van der Waals surface area (Å²) in [6.07, 6.45) is 1.15. The lowest BCUT2D eigenvalue weighted by molar-refractivity contribution is 0.472. The average Bonchev–Trinajstić information content (AvgIpc) is 2.20. The molecule has 78 valence electrons. The highest BCUT2D eigenvalue weighted by molar-refractivity contribution is 9.10. The Bertz CT molecular complexity index is 281. The summed E-state index contributed by atoms with van der Waals surface area (Å²) in [6, 6.07) is 9.00. The second kappa shape index (κ2) is 5.52. The molecule has 1 rings (SSSR count). The second-order valence-electron chi connectivity index (χ2n) is 3.61. The van der Waals surface area contributed by atoms with Gasteiger partial charge in [0.2, 0.25) is 0 Å². The Morgan fingerprint density at radius 1 is 1.36 bits per heavy atom. The van der Waals surface area contributed by atoms with Gasteiger partial charge in [-0.2, -0.15) is 0 Å². The molecule has 1 aromatic carbocycles. The van der Waals surface area contributed by atoms with E-state index in [9.17, 15) is 0 Å². The summed E-state index contributed by atoms with van der Waals surface area (Å²) in [5, 5.41) is 3.36. The zero-order chi connectivity index (χ0) is 10.6. The van der Waals surface area contributed by atoms with Gasteiger partial charge in [-0.1, -0.05) is 48.0 Å². The van der Waals surface area contributed by atoms with Gasteiger partial charge in [0, 0.05) is 10.5 Å². The van der Waals surface area contributed by atoms with Gasteiger partial charge in [0.05, 0.1) is 0 Å². The van der Waals surface area contributed by atoms with E-state index < -0.39 is 0 Å². The SMILES string of the molecule is CCC(NC)C(C)c1ccccc1Br. The van der Waals surface area contributed by atoms with Crippen molar-refractivity contribution in [1.29, 1.82) is 0 Å². The predicted octanol–water partition coefficient (Wildman–Crippen LogP) is 3.55. The molecule has 0 amide bonds. The summed E-state index contributed by atoms with van der Waals surface area (Å²) >= 11 is 3.60. The van der Waals surface area contributed by atoms with Gasteiger partial charge in [0.25, 0.3) is 0 Å². The molecule has 0 aromatic heterocycles. The minimum atomic E-state index is 0.542. The lowest BCUT2D eigenvalue weighted by Gasteiger charge is -2.23. The van der Waals surface area contributed by atoms with Crippen LogP contribution in [0.5, 0.6) is 0 Å². The van der Waals surface area contributed by atoms with Gasteiger partial charge in [-0.15, -0.1) is 0 Å². The van der Waals surface area contributed by atoms with Crippen molar-refractivity contribution in [2.24, 2.45) is 0 Å². The Kier molecular flexibility index (Phi) is 4.63. The van der Waals surface area contributed by atoms with E-state index in [0.717, 1.165) is 6.42 Å². The van der Waals surface area contributed by atoms with Crippen LogP contribution in [0.25, 0.3) is 0 Å². The summed E-state index contributed by atoms with van der Waals surface area (Å²) in [5.41, 5.74) is 1.38. The molecule has 0 aliphatic heterocycles. The molecule has 0 aliphatic rings. The number of hydrogen-bond acceptors (Lipinski definition) is 1. The van der Waals surface area contributed by atoms with Crippen molar-refractivity contribution in [2.45, 2.75) is 32.2 Å². The van der Waals surface area contributed by atoms with Crippen LogP contribution in [0.15, 0.2) is 28.7 Å². The Hall–Kier alpha value is -0.340. The Morgan fingerprint density at radius 3 is 2.50 bits per heavy atom. The maximum absolute atomic E-state index is 3.60. The van der Waals surface area contributed by atoms with Crippen molar-refractivity contribution in [1.82, 2.24) is 5.32 Å². The number of halogens is 1. The predicted molar refractivity (Wildman–Crippen MR) is 65.7 cm³/mol. The fourth-order valence-corrected chi connectivity index (χ4v) is 2.51. The molecule has 0 radical (unpaired) electrons. The fourth-order valence-electron chi connectivity index (χ4n) is 1.87. The maximum Gasteiger partial charge on any atom is 0.0210 e. The summed E-state index contributed by atoms with van der Waals surface area (Å²) in [7, 11) is 2.03. The number of rotatable bonds is 4. The third-order valence-corrected chi connectivity index (χ3v) is 3.53. The van der Waals surface area contributed by atoms with Crippen molar-refractivity contribution in [3.63, 3.8) is 0 Å². The molecular weight excluding hydrogens is 238 g/mol. The number of hydrogen-bond donors (Lipinski definition) is 1. The molecule has 2 atom stereocenters. The summed E-state index contributed by atoms with van der Waals surface area (Å²) in [5.74, 6) is 0.542. The number of likely N-dealkylation sites (N-methyl/N-ethyl adjacent to an activating group) is 1. The largest absolute Gasteiger partial charge is 0.316 e. The first kappa shape index (κ1) is 11.7. The highest BCUT2D eigenvalue weighted by Gasteiger charge is 2.16. The molecule has 14 heavy (non-hydrogen) atoms. The maximum atomic E-state index is 3.60. The second-order valence-corrected chi connectivity index (χ2v) is 4.47. The number of nitrogens with one attached hydrogen (secondary N) is 1. The van der Waals surface area contributed by atoms with Crippen LogP contribution in [0.1, 0.15) is 31.7 Å². The van der Waals surface area contributed by atoms with Gasteiger partial charge >= 0.3 is 0 Å². The highest BCUT2D eigenvalue weighted by atomic mass is 79.9. The van der Waals surface area contributed by atoms with Crippen LogP contribution in [0.2, 0.25) is 0 Å². The molecular formula is C12H18BrN. The third kappa shape index (κ3) is 2.58. The minimum absolute atomic E-state index is 0.542. The molecule has 0 saturated heterocycles. The standard InChI is InChI=1S/C12H18BrN/c1-4-12(14-3)9(2)10-7-5-6-8-11(10)13/h5-9,12,14H,4H2,1-3H3. The Labute approximate surface area is 95.0 Å². The van der Waals surface area contributed by atoms with Crippen molar-refractivity contribution in [3.05, 3.63) is 34.3 Å². The highest BCUT2D eigenvalue weighted by Crippen LogP contribution is 2.27. The van der Waals surface area contributed by atoms with Crippen molar-refractivity contribution >= 4 is 15.9 Å². The van der Waals surface area contributed by atoms with E-state index in [0.29, 0.717) is 12.0 Å². The van der Waals surface area contributed by atoms with Gasteiger partial charge in [-0.05, 0) is 31.0 Å². The van der Waals surface area contributed by atoms with Crippen LogP contribution < -0.4 is 5.32 Å². The minimum Gasteiger partial charge on any atom is -0.316 e. The lowest BCUT2D eigenvalue weighted by Crippen LogP contribution is -2.30. The first-order chi connectivity index (χ1) is 6.70. The summed E-state index contributed by atoms with van der Waals surface area (Å²) < 4.78 is 1.21. The van der Waals surface area contributed by atoms with Crippen LogP contribution in [0, 0.1) is 0 Å². The molecule has 0 heterocycles. The summed E-state index contributed by atoms with van der Waals surface area (Å²) in [4.78, 5) is 0. The molecule has 1 N–H and O–H groups in total. The van der Waals surface area contributed by atoms with Crippen LogP contribution in [0.4, 0.5) is 0 Å². The van der Waals surface area contributed by atoms with Crippen LogP contribution >= 0.6 is 15.9 Å². The van der Waals surface area contributed by atoms with Crippen LogP contribution in [-0.4, -0.2) is 13.1 Å². The van der Waals surface area contributed by atoms with Crippen molar-refractivity contribution < 1.29 is 0 Å². The van der Waals surface area contributed by atoms with E-state index in [1.54, 1.807) is 0 Å². The third-order valence-electron chi connectivity index (χ3n) is 2.81. The molecule has 0 spiro atoms. The molecule has 1 nitrogen and oxygen atoms in total. The van der Waals surface area contributed by atoms with Crippen LogP contribution in [0.3, 0.4) is 0 Å². The van der Waals surface area contributed by atoms with E-state index >= 15 is 0 Å². The van der Waals surface area contributed by atoms with Gasteiger partial charge in [-0.3, -0.25) is 0 Å². The first-order valence-electron chi connectivity index (χ1n) is 5.12. The zero-order valence-corrected chi connectivity index (χ0v) is 10.6. The van der Waals surface area contributed by atoms with Gasteiger partial charge < -0.3 is 5.32 Å². The topological polar surface area (TPSA) is 12.0 Å². The van der Waals surface area contributed by atoms with Crippen molar-refractivity contribution in [2.75, 3.05) is 7.05 Å². The lowest BCUT2D eigenvalue weighted by atomic mass is 9.92. The smallest absolute Gasteiger partial charge is 0.0210 e. The number of benzene rings is 1. The van der Waals surface area contributed by atoms with E-state index in [1.165, 1.54) is 10.0 Å². The molecule has 2 unspecified atom stereocenters. The molecule has 2 heteroatoms. The molecule has 1 aromatic rings. The normalized spacial score (nSPS) is 15.1. The van der Waals surface area contributed by atoms with E-state index in [2.05, 4.69) is 59.4 Å². The Balaban J connectivity index is 2.88. The molecule has 0 bridgehead atoms. The van der Waals surface area contributed by atoms with Gasteiger partial charge in [-0.25, -0.2) is 0 Å². The monoisotopic (exact) mass is 255 g/mol. The van der Waals surface area contributed by atoms with E-state index in [-0.39, 0.29) is 0 Å². The zero-order valence-electron chi connectivity index (χ0n) is 9.05. The Morgan fingerprint density at radius 2 is 2.00 bits per heavy atom. The van der Waals surface area contributed by atoms with Gasteiger partial charge in [0.15, 0.2) is 0 Å². The average molecular weight is 256 g/mol. The summed E-state index contributed by atoms with van der Waals surface area (Å²) in [6.45, 7) is 4.49. The van der Waals surface area contributed by atoms with Crippen molar-refractivity contribution in [3.8, 4) is 0 Å². The van der Waals surface area contributed by atoms with Crippen LogP contribution in [-0.2, 0) is 0 Å². The fraction of sp³-hybridized carbons (Fsp3) is 0.500. The van der Waals surface area contributed by atoms with E-state index in [4.69, 9.17) is 0 Å².